The van der Waals surface area contributed by atoms with Gasteiger partial charge in [-0.3, -0.25) is 19.3 Å². The van der Waals surface area contributed by atoms with E-state index in [1.807, 2.05) is 31.2 Å². The molecule has 3 amide bonds. The SMILES string of the molecule is CCN(Cc1nc(-c2cccc(C)c2)no1)C(=O)CN1C(=O)c2ccccc2C1=O. The summed E-state index contributed by atoms with van der Waals surface area (Å²) in [5.41, 5.74) is 2.53. The van der Waals surface area contributed by atoms with Gasteiger partial charge in [-0.2, -0.15) is 4.98 Å². The van der Waals surface area contributed by atoms with Crippen molar-refractivity contribution in [1.29, 1.82) is 0 Å². The van der Waals surface area contributed by atoms with Crippen molar-refractivity contribution in [3.8, 4) is 11.4 Å². The molecule has 0 saturated heterocycles. The van der Waals surface area contributed by atoms with Crippen molar-refractivity contribution in [1.82, 2.24) is 19.9 Å². The van der Waals surface area contributed by atoms with Gasteiger partial charge in [-0.15, -0.1) is 0 Å². The van der Waals surface area contributed by atoms with Crippen LogP contribution in [0.4, 0.5) is 0 Å². The highest BCUT2D eigenvalue weighted by molar-refractivity contribution is 6.22. The summed E-state index contributed by atoms with van der Waals surface area (Å²) >= 11 is 0. The molecular formula is C22H20N4O4. The first-order valence-electron chi connectivity index (χ1n) is 9.60. The van der Waals surface area contributed by atoms with Gasteiger partial charge in [-0.25, -0.2) is 0 Å². The molecule has 0 atom stereocenters. The van der Waals surface area contributed by atoms with Gasteiger partial charge in [0.05, 0.1) is 11.1 Å². The van der Waals surface area contributed by atoms with Gasteiger partial charge in [0, 0.05) is 12.1 Å². The summed E-state index contributed by atoms with van der Waals surface area (Å²) in [5.74, 6) is -0.567. The van der Waals surface area contributed by atoms with Gasteiger partial charge in [0.25, 0.3) is 11.8 Å². The quantitative estimate of drug-likeness (QED) is 0.586. The lowest BCUT2D eigenvalue weighted by Gasteiger charge is -2.21. The van der Waals surface area contributed by atoms with E-state index in [-0.39, 0.29) is 24.9 Å². The molecule has 1 aromatic heterocycles. The van der Waals surface area contributed by atoms with E-state index in [0.717, 1.165) is 16.0 Å². The van der Waals surface area contributed by atoms with Crippen molar-refractivity contribution >= 4 is 17.7 Å². The van der Waals surface area contributed by atoms with Crippen LogP contribution in [-0.2, 0) is 11.3 Å². The largest absolute Gasteiger partial charge is 0.337 e. The molecule has 0 N–H and O–H groups in total. The molecule has 0 fully saturated rings. The molecule has 0 unspecified atom stereocenters. The lowest BCUT2D eigenvalue weighted by atomic mass is 10.1. The number of imide groups is 1. The molecule has 8 nitrogen and oxygen atoms in total. The summed E-state index contributed by atoms with van der Waals surface area (Å²) in [6.07, 6.45) is 0. The lowest BCUT2D eigenvalue weighted by molar-refractivity contribution is -0.132. The predicted molar refractivity (Wildman–Crippen MR) is 107 cm³/mol. The molecule has 0 aliphatic carbocycles. The third-order valence-corrected chi connectivity index (χ3v) is 4.98. The molecule has 30 heavy (non-hydrogen) atoms. The van der Waals surface area contributed by atoms with Crippen LogP contribution in [0.5, 0.6) is 0 Å². The molecule has 8 heteroatoms. The van der Waals surface area contributed by atoms with E-state index in [9.17, 15) is 14.4 Å². The van der Waals surface area contributed by atoms with Gasteiger partial charge in [0.15, 0.2) is 0 Å². The van der Waals surface area contributed by atoms with Crippen LogP contribution in [0.2, 0.25) is 0 Å². The molecule has 0 spiro atoms. The number of hydrogen-bond acceptors (Lipinski definition) is 6. The fourth-order valence-electron chi connectivity index (χ4n) is 3.38. The van der Waals surface area contributed by atoms with Crippen LogP contribution in [0.15, 0.2) is 53.1 Å². The van der Waals surface area contributed by atoms with Crippen molar-refractivity contribution in [3.63, 3.8) is 0 Å². The summed E-state index contributed by atoms with van der Waals surface area (Å²) in [7, 11) is 0. The highest BCUT2D eigenvalue weighted by Gasteiger charge is 2.37. The number of fused-ring (bicyclic) bond motifs is 1. The Hall–Kier alpha value is -3.81. The van der Waals surface area contributed by atoms with Gasteiger partial charge in [0.2, 0.25) is 17.6 Å². The van der Waals surface area contributed by atoms with Crippen molar-refractivity contribution in [2.75, 3.05) is 13.1 Å². The van der Waals surface area contributed by atoms with Crippen LogP contribution in [0.3, 0.4) is 0 Å². The van der Waals surface area contributed by atoms with Gasteiger partial charge in [0.1, 0.15) is 13.1 Å². The average Bonchev–Trinajstić information content (AvgIpc) is 3.31. The number of nitrogens with zero attached hydrogens (tertiary/aromatic N) is 4. The first-order chi connectivity index (χ1) is 14.5. The van der Waals surface area contributed by atoms with E-state index in [1.165, 1.54) is 4.90 Å². The minimum Gasteiger partial charge on any atom is -0.337 e. The fraction of sp³-hybridized carbons (Fsp3) is 0.227. The standard InChI is InChI=1S/C22H20N4O4/c1-3-25(12-18-23-20(24-30-18)15-8-6-7-14(2)11-15)19(27)13-26-21(28)16-9-4-5-10-17(16)22(26)29/h4-11H,3,12-13H2,1-2H3. The van der Waals surface area contributed by atoms with E-state index < -0.39 is 11.8 Å². The van der Waals surface area contributed by atoms with Crippen LogP contribution in [0.1, 0.15) is 39.1 Å². The van der Waals surface area contributed by atoms with Gasteiger partial charge in [-0.05, 0) is 32.0 Å². The van der Waals surface area contributed by atoms with Gasteiger partial charge < -0.3 is 9.42 Å². The second kappa shape index (κ2) is 7.90. The zero-order chi connectivity index (χ0) is 21.3. The smallest absolute Gasteiger partial charge is 0.262 e. The molecule has 1 aliphatic heterocycles. The number of rotatable bonds is 6. The maximum atomic E-state index is 12.8. The minimum atomic E-state index is -0.459. The zero-order valence-corrected chi connectivity index (χ0v) is 16.7. The zero-order valence-electron chi connectivity index (χ0n) is 16.7. The lowest BCUT2D eigenvalue weighted by Crippen LogP contribution is -2.42. The van der Waals surface area contributed by atoms with Crippen LogP contribution < -0.4 is 0 Å². The molecule has 2 heterocycles. The highest BCUT2D eigenvalue weighted by Crippen LogP contribution is 2.22. The molecular weight excluding hydrogens is 384 g/mol. The molecule has 0 saturated carbocycles. The third-order valence-electron chi connectivity index (χ3n) is 4.98. The number of carbonyl (C=O) groups excluding carboxylic acids is 3. The predicted octanol–water partition coefficient (Wildman–Crippen LogP) is 2.69. The Morgan fingerprint density at radius 2 is 1.77 bits per heavy atom. The Labute approximate surface area is 173 Å². The molecule has 2 aromatic carbocycles. The van der Waals surface area contributed by atoms with E-state index in [0.29, 0.717) is 23.5 Å². The second-order valence-corrected chi connectivity index (χ2v) is 7.03. The van der Waals surface area contributed by atoms with Crippen molar-refractivity contribution < 1.29 is 18.9 Å². The Morgan fingerprint density at radius 1 is 1.07 bits per heavy atom. The summed E-state index contributed by atoms with van der Waals surface area (Å²) in [4.78, 5) is 44.6. The van der Waals surface area contributed by atoms with Crippen molar-refractivity contribution in [2.24, 2.45) is 0 Å². The average molecular weight is 404 g/mol. The van der Waals surface area contributed by atoms with Crippen LogP contribution in [-0.4, -0.2) is 50.8 Å². The number of aryl methyl sites for hydroxylation is 1. The molecule has 152 valence electrons. The van der Waals surface area contributed by atoms with Gasteiger partial charge >= 0.3 is 0 Å². The Morgan fingerprint density at radius 3 is 2.40 bits per heavy atom. The number of likely N-dealkylation sites (N-methyl/N-ethyl adjacent to an activating group) is 1. The summed E-state index contributed by atoms with van der Waals surface area (Å²) in [6, 6.07) is 14.3. The fourth-order valence-corrected chi connectivity index (χ4v) is 3.38. The van der Waals surface area contributed by atoms with E-state index in [4.69, 9.17) is 4.52 Å². The normalized spacial score (nSPS) is 12.9. The monoisotopic (exact) mass is 404 g/mol. The summed E-state index contributed by atoms with van der Waals surface area (Å²) < 4.78 is 5.30. The third kappa shape index (κ3) is 3.59. The Balaban J connectivity index is 1.46. The molecule has 1 aliphatic rings. The number of benzene rings is 2. The number of carbonyl (C=O) groups is 3. The topological polar surface area (TPSA) is 96.6 Å². The summed E-state index contributed by atoms with van der Waals surface area (Å²) in [5, 5.41) is 3.99. The maximum absolute atomic E-state index is 12.8. The van der Waals surface area contributed by atoms with Crippen molar-refractivity contribution in [3.05, 3.63) is 71.1 Å². The minimum absolute atomic E-state index is 0.0946. The Kier molecular flexibility index (Phi) is 5.14. The number of amides is 3. The molecule has 3 aromatic rings. The molecule has 0 bridgehead atoms. The van der Waals surface area contributed by atoms with Crippen LogP contribution in [0.25, 0.3) is 11.4 Å². The van der Waals surface area contributed by atoms with Crippen molar-refractivity contribution in [2.45, 2.75) is 20.4 Å². The van der Waals surface area contributed by atoms with E-state index in [2.05, 4.69) is 10.1 Å². The highest BCUT2D eigenvalue weighted by atomic mass is 16.5. The second-order valence-electron chi connectivity index (χ2n) is 7.03. The maximum Gasteiger partial charge on any atom is 0.262 e. The number of hydrogen-bond donors (Lipinski definition) is 0. The van der Waals surface area contributed by atoms with Crippen LogP contribution in [0, 0.1) is 6.92 Å². The molecule has 0 radical (unpaired) electrons. The molecule has 4 rings (SSSR count). The summed E-state index contributed by atoms with van der Waals surface area (Å²) in [6.45, 7) is 3.90. The van der Waals surface area contributed by atoms with E-state index >= 15 is 0 Å². The Bertz CT molecular complexity index is 1100. The number of aromatic nitrogens is 2. The van der Waals surface area contributed by atoms with Gasteiger partial charge in [-0.1, -0.05) is 41.1 Å². The first kappa shape index (κ1) is 19.5. The van der Waals surface area contributed by atoms with Crippen LogP contribution >= 0.6 is 0 Å². The first-order valence-corrected chi connectivity index (χ1v) is 9.60. The van der Waals surface area contributed by atoms with E-state index in [1.54, 1.807) is 31.2 Å².